The van der Waals surface area contributed by atoms with Crippen molar-refractivity contribution in [3.05, 3.63) is 94.0 Å². The first-order valence-corrected chi connectivity index (χ1v) is 8.73. The first-order chi connectivity index (χ1) is 12.2. The number of carbonyl (C=O) groups excluding carboxylic acids is 1. The smallest absolute Gasteiger partial charge is 0.256 e. The number of amides is 1. The van der Waals surface area contributed by atoms with Gasteiger partial charge in [-0.2, -0.15) is 0 Å². The van der Waals surface area contributed by atoms with E-state index in [2.05, 4.69) is 33.4 Å². The summed E-state index contributed by atoms with van der Waals surface area (Å²) in [6.07, 6.45) is 0.760. The molecule has 4 heteroatoms. The van der Waals surface area contributed by atoms with Gasteiger partial charge in [-0.05, 0) is 57.7 Å². The number of nitrogens with one attached hydrogen (secondary N) is 1. The van der Waals surface area contributed by atoms with Crippen LogP contribution >= 0.6 is 15.9 Å². The topological polar surface area (TPSA) is 38.3 Å². The second kappa shape index (κ2) is 7.99. The first-order valence-electron chi connectivity index (χ1n) is 7.94. The van der Waals surface area contributed by atoms with E-state index in [-0.39, 0.29) is 5.91 Å². The van der Waals surface area contributed by atoms with Crippen LogP contribution < -0.4 is 10.1 Å². The predicted molar refractivity (Wildman–Crippen MR) is 104 cm³/mol. The third-order valence-corrected chi connectivity index (χ3v) is 4.61. The summed E-state index contributed by atoms with van der Waals surface area (Å²) in [6, 6.07) is 23.4. The maximum absolute atomic E-state index is 12.7. The van der Waals surface area contributed by atoms with Crippen LogP contribution in [-0.4, -0.2) is 13.0 Å². The van der Waals surface area contributed by atoms with E-state index < -0.39 is 0 Å². The molecule has 0 saturated heterocycles. The van der Waals surface area contributed by atoms with E-state index in [0.29, 0.717) is 11.3 Å². The van der Waals surface area contributed by atoms with Crippen LogP contribution in [0, 0.1) is 0 Å². The lowest BCUT2D eigenvalue weighted by molar-refractivity contribution is 0.102. The zero-order valence-electron chi connectivity index (χ0n) is 13.8. The molecule has 3 aromatic rings. The van der Waals surface area contributed by atoms with Gasteiger partial charge >= 0.3 is 0 Å². The van der Waals surface area contributed by atoms with Gasteiger partial charge in [0.15, 0.2) is 0 Å². The van der Waals surface area contributed by atoms with E-state index in [1.165, 1.54) is 5.56 Å². The van der Waals surface area contributed by atoms with Crippen LogP contribution in [0.15, 0.2) is 77.3 Å². The second-order valence-electron chi connectivity index (χ2n) is 5.62. The molecule has 3 rings (SSSR count). The summed E-state index contributed by atoms with van der Waals surface area (Å²) in [5, 5.41) is 3.01. The summed E-state index contributed by atoms with van der Waals surface area (Å²) in [5.74, 6) is 0.470. The summed E-state index contributed by atoms with van der Waals surface area (Å²) in [7, 11) is 1.58. The molecule has 126 valence electrons. The lowest BCUT2D eigenvalue weighted by Gasteiger charge is -2.13. The number of methoxy groups -OCH3 is 1. The zero-order chi connectivity index (χ0) is 17.6. The Labute approximate surface area is 155 Å². The Balaban J connectivity index is 1.85. The van der Waals surface area contributed by atoms with Crippen molar-refractivity contribution in [2.24, 2.45) is 0 Å². The number of hydrogen-bond donors (Lipinski definition) is 1. The fourth-order valence-electron chi connectivity index (χ4n) is 2.61. The maximum Gasteiger partial charge on any atom is 0.256 e. The summed E-state index contributed by atoms with van der Waals surface area (Å²) < 4.78 is 5.94. The molecule has 25 heavy (non-hydrogen) atoms. The van der Waals surface area contributed by atoms with Gasteiger partial charge in [0.2, 0.25) is 0 Å². The van der Waals surface area contributed by atoms with Crippen molar-refractivity contribution in [3.63, 3.8) is 0 Å². The Morgan fingerprint density at radius 2 is 1.72 bits per heavy atom. The third kappa shape index (κ3) is 4.28. The number of ether oxygens (including phenoxy) is 1. The molecule has 0 fully saturated rings. The average Bonchev–Trinajstić information content (AvgIpc) is 2.64. The molecule has 3 aromatic carbocycles. The average molecular weight is 396 g/mol. The second-order valence-corrected chi connectivity index (χ2v) is 6.47. The van der Waals surface area contributed by atoms with Crippen LogP contribution in [-0.2, 0) is 6.42 Å². The number of benzene rings is 3. The van der Waals surface area contributed by atoms with E-state index in [0.717, 1.165) is 22.1 Å². The van der Waals surface area contributed by atoms with Crippen LogP contribution in [0.2, 0.25) is 0 Å². The Morgan fingerprint density at radius 3 is 2.48 bits per heavy atom. The highest BCUT2D eigenvalue weighted by molar-refractivity contribution is 9.10. The van der Waals surface area contributed by atoms with E-state index >= 15 is 0 Å². The molecule has 0 saturated carbocycles. The molecule has 1 amide bonds. The number of halogens is 1. The van der Waals surface area contributed by atoms with Crippen LogP contribution in [0.25, 0.3) is 0 Å². The minimum absolute atomic E-state index is 0.175. The lowest BCUT2D eigenvalue weighted by atomic mass is 10.0. The van der Waals surface area contributed by atoms with E-state index in [9.17, 15) is 4.79 Å². The predicted octanol–water partition coefficient (Wildman–Crippen LogP) is 5.30. The highest BCUT2D eigenvalue weighted by Gasteiger charge is 2.13. The third-order valence-electron chi connectivity index (χ3n) is 3.92. The molecule has 0 heterocycles. The molecule has 0 aliphatic heterocycles. The van der Waals surface area contributed by atoms with E-state index in [4.69, 9.17) is 4.74 Å². The molecule has 0 radical (unpaired) electrons. The summed E-state index contributed by atoms with van der Waals surface area (Å²) in [5.41, 5.74) is 3.62. The van der Waals surface area contributed by atoms with Gasteiger partial charge < -0.3 is 10.1 Å². The molecule has 0 aliphatic rings. The van der Waals surface area contributed by atoms with Crippen LogP contribution in [0.3, 0.4) is 0 Å². The Kier molecular flexibility index (Phi) is 5.51. The largest absolute Gasteiger partial charge is 0.497 e. The highest BCUT2D eigenvalue weighted by atomic mass is 79.9. The molecule has 0 aromatic heterocycles. The van der Waals surface area contributed by atoms with Crippen molar-refractivity contribution in [3.8, 4) is 5.75 Å². The molecule has 0 atom stereocenters. The van der Waals surface area contributed by atoms with Gasteiger partial charge in [0.1, 0.15) is 5.75 Å². The van der Waals surface area contributed by atoms with Crippen LogP contribution in [0.4, 0.5) is 5.69 Å². The van der Waals surface area contributed by atoms with Gasteiger partial charge in [-0.25, -0.2) is 0 Å². The van der Waals surface area contributed by atoms with Crippen LogP contribution in [0.1, 0.15) is 21.5 Å². The van der Waals surface area contributed by atoms with Gasteiger partial charge in [-0.3, -0.25) is 4.79 Å². The van der Waals surface area contributed by atoms with Crippen molar-refractivity contribution in [1.29, 1.82) is 0 Å². The van der Waals surface area contributed by atoms with Gasteiger partial charge in [-0.1, -0.05) is 48.5 Å². The quantitative estimate of drug-likeness (QED) is 0.636. The van der Waals surface area contributed by atoms with Crippen molar-refractivity contribution >= 4 is 27.5 Å². The van der Waals surface area contributed by atoms with Crippen molar-refractivity contribution in [2.45, 2.75) is 6.42 Å². The number of rotatable bonds is 5. The summed E-state index contributed by atoms with van der Waals surface area (Å²) in [4.78, 5) is 12.7. The number of anilines is 1. The Bertz CT molecular complexity index is 878. The van der Waals surface area contributed by atoms with Crippen LogP contribution in [0.5, 0.6) is 5.75 Å². The minimum atomic E-state index is -0.175. The van der Waals surface area contributed by atoms with Crippen molar-refractivity contribution in [2.75, 3.05) is 12.4 Å². The Hall–Kier alpha value is -2.59. The number of hydrogen-bond acceptors (Lipinski definition) is 2. The normalized spacial score (nSPS) is 10.3. The highest BCUT2D eigenvalue weighted by Crippen LogP contribution is 2.25. The standard InChI is InChI=1S/C21H18BrNO2/c1-25-17-11-12-19(22)18(14-17)21(24)23-20-10-6-5-9-16(20)13-15-7-3-2-4-8-15/h2-12,14H,13H2,1H3,(H,23,24). The fourth-order valence-corrected chi connectivity index (χ4v) is 3.03. The molecule has 0 bridgehead atoms. The van der Waals surface area contributed by atoms with E-state index in [1.807, 2.05) is 54.6 Å². The SMILES string of the molecule is COc1ccc(Br)c(C(=O)Nc2ccccc2Cc2ccccc2)c1. The Morgan fingerprint density at radius 1 is 1.00 bits per heavy atom. The molecular weight excluding hydrogens is 378 g/mol. The van der Waals surface area contributed by atoms with Gasteiger partial charge in [0.05, 0.1) is 12.7 Å². The van der Waals surface area contributed by atoms with Gasteiger partial charge in [-0.15, -0.1) is 0 Å². The number of carbonyl (C=O) groups is 1. The lowest BCUT2D eigenvalue weighted by Crippen LogP contribution is -2.14. The molecular formula is C21H18BrNO2. The monoisotopic (exact) mass is 395 g/mol. The maximum atomic E-state index is 12.7. The van der Waals surface area contributed by atoms with Gasteiger partial charge in [0.25, 0.3) is 5.91 Å². The van der Waals surface area contributed by atoms with E-state index in [1.54, 1.807) is 13.2 Å². The fraction of sp³-hybridized carbons (Fsp3) is 0.0952. The molecule has 0 unspecified atom stereocenters. The molecule has 0 aliphatic carbocycles. The summed E-state index contributed by atoms with van der Waals surface area (Å²) >= 11 is 3.43. The first kappa shape index (κ1) is 17.2. The van der Waals surface area contributed by atoms with Crippen molar-refractivity contribution in [1.82, 2.24) is 0 Å². The van der Waals surface area contributed by atoms with Crippen molar-refractivity contribution < 1.29 is 9.53 Å². The van der Waals surface area contributed by atoms with Gasteiger partial charge in [0, 0.05) is 10.2 Å². The molecule has 1 N–H and O–H groups in total. The molecule has 3 nitrogen and oxygen atoms in total. The zero-order valence-corrected chi connectivity index (χ0v) is 15.4. The summed E-state index contributed by atoms with van der Waals surface area (Å²) in [6.45, 7) is 0. The molecule has 0 spiro atoms. The number of para-hydroxylation sites is 1. The minimum Gasteiger partial charge on any atom is -0.497 e.